The summed E-state index contributed by atoms with van der Waals surface area (Å²) in [7, 11) is 0. The molecule has 8 aromatic carbocycles. The summed E-state index contributed by atoms with van der Waals surface area (Å²) in [6.45, 7) is 0. The molecule has 1 aliphatic heterocycles. The van der Waals surface area contributed by atoms with Crippen molar-refractivity contribution in [2.45, 2.75) is 15.2 Å². The summed E-state index contributed by atoms with van der Waals surface area (Å²) in [6.07, 6.45) is 0. The van der Waals surface area contributed by atoms with Crippen LogP contribution < -0.4 is 5.73 Å². The average molecular weight is 616 g/mol. The van der Waals surface area contributed by atoms with Crippen molar-refractivity contribution >= 4 is 39.0 Å². The fourth-order valence-corrected chi connectivity index (χ4v) is 9.68. The van der Waals surface area contributed by atoms with Crippen molar-refractivity contribution in [1.82, 2.24) is 0 Å². The maximum atomic E-state index is 6.97. The van der Waals surface area contributed by atoms with Crippen LogP contribution in [-0.2, 0) is 5.41 Å². The number of nitrogens with two attached hydrogens (primary N) is 1. The lowest BCUT2D eigenvalue weighted by molar-refractivity contribution is 0.722. The predicted octanol–water partition coefficient (Wildman–Crippen LogP) is 11.7. The van der Waals surface area contributed by atoms with Crippen molar-refractivity contribution in [1.29, 1.82) is 0 Å². The van der Waals surface area contributed by atoms with E-state index in [1.54, 1.807) is 0 Å². The summed E-state index contributed by atoms with van der Waals surface area (Å²) < 4.78 is 0. The second-order valence-corrected chi connectivity index (χ2v) is 13.7. The highest BCUT2D eigenvalue weighted by molar-refractivity contribution is 7.99. The first-order valence-electron chi connectivity index (χ1n) is 16.1. The molecule has 0 atom stereocenters. The van der Waals surface area contributed by atoms with Crippen molar-refractivity contribution < 1.29 is 0 Å². The van der Waals surface area contributed by atoms with Crippen molar-refractivity contribution in [2.75, 3.05) is 5.73 Å². The average Bonchev–Trinajstić information content (AvgIpc) is 3.42. The Bertz CT molecular complexity index is 2460. The molecule has 0 amide bonds. The standard InChI is InChI=1S/C45H29NS/c46-39-22-12-21-38-44(39)34-27-29(25-26-35(34)45(38)36-19-8-10-23-40(36)47-41-24-11-9-20-37(41)45)43-32-17-6-4-15-30(32)42(28-13-2-1-3-14-28)31-16-5-7-18-33(31)43/h1-27H,46H2. The molecule has 2 aliphatic rings. The topological polar surface area (TPSA) is 26.0 Å². The van der Waals surface area contributed by atoms with E-state index in [9.17, 15) is 0 Å². The van der Waals surface area contributed by atoms with Gasteiger partial charge in [0.15, 0.2) is 0 Å². The van der Waals surface area contributed by atoms with Crippen molar-refractivity contribution in [3.8, 4) is 33.4 Å². The largest absolute Gasteiger partial charge is 0.398 e. The predicted molar refractivity (Wildman–Crippen MR) is 198 cm³/mol. The zero-order chi connectivity index (χ0) is 31.1. The number of benzene rings is 8. The quantitative estimate of drug-likeness (QED) is 0.155. The van der Waals surface area contributed by atoms with Gasteiger partial charge < -0.3 is 5.73 Å². The molecule has 8 aromatic rings. The van der Waals surface area contributed by atoms with Gasteiger partial charge in [-0.25, -0.2) is 0 Å². The molecule has 0 radical (unpaired) electrons. The SMILES string of the molecule is Nc1cccc2c1-c1cc(-c3c4ccccc4c(-c4ccccc4)c4ccccc34)ccc1C21c2ccccc2Sc2ccccc21. The zero-order valence-electron chi connectivity index (χ0n) is 25.6. The van der Waals surface area contributed by atoms with Crippen LogP contribution >= 0.6 is 11.8 Å². The number of fused-ring (bicyclic) bond motifs is 11. The Kier molecular flexibility index (Phi) is 5.64. The molecule has 0 fully saturated rings. The number of hydrogen-bond acceptors (Lipinski definition) is 2. The molecule has 0 bridgehead atoms. The Balaban J connectivity index is 1.32. The zero-order valence-corrected chi connectivity index (χ0v) is 26.4. The summed E-state index contributed by atoms with van der Waals surface area (Å²) in [5, 5.41) is 5.03. The summed E-state index contributed by atoms with van der Waals surface area (Å²) >= 11 is 1.87. The molecule has 47 heavy (non-hydrogen) atoms. The van der Waals surface area contributed by atoms with Gasteiger partial charge in [-0.1, -0.05) is 151 Å². The Morgan fingerprint density at radius 1 is 0.383 bits per heavy atom. The Morgan fingerprint density at radius 2 is 0.894 bits per heavy atom. The van der Waals surface area contributed by atoms with Gasteiger partial charge in [-0.2, -0.15) is 0 Å². The van der Waals surface area contributed by atoms with Gasteiger partial charge in [0.25, 0.3) is 0 Å². The first-order valence-corrected chi connectivity index (χ1v) is 17.0. The fraction of sp³-hybridized carbons (Fsp3) is 0.0222. The lowest BCUT2D eigenvalue weighted by atomic mass is 9.67. The van der Waals surface area contributed by atoms with Gasteiger partial charge in [0.1, 0.15) is 0 Å². The lowest BCUT2D eigenvalue weighted by Gasteiger charge is -2.39. The second-order valence-electron chi connectivity index (χ2n) is 12.6. The fourth-order valence-electron chi connectivity index (χ4n) is 8.49. The van der Waals surface area contributed by atoms with E-state index >= 15 is 0 Å². The monoisotopic (exact) mass is 615 g/mol. The molecule has 0 saturated heterocycles. The molecule has 1 spiro atoms. The number of anilines is 1. The molecule has 0 unspecified atom stereocenters. The van der Waals surface area contributed by atoms with Gasteiger partial charge in [0.05, 0.1) is 5.41 Å². The van der Waals surface area contributed by atoms with E-state index in [4.69, 9.17) is 5.73 Å². The van der Waals surface area contributed by atoms with E-state index in [0.717, 1.165) is 11.3 Å². The normalized spacial score (nSPS) is 13.7. The van der Waals surface area contributed by atoms with E-state index in [0.29, 0.717) is 0 Å². The van der Waals surface area contributed by atoms with Gasteiger partial charge in [0, 0.05) is 21.0 Å². The molecule has 10 rings (SSSR count). The molecule has 1 heterocycles. The highest BCUT2D eigenvalue weighted by atomic mass is 32.2. The summed E-state index contributed by atoms with van der Waals surface area (Å²) in [5.74, 6) is 0. The van der Waals surface area contributed by atoms with Crippen LogP contribution in [0.1, 0.15) is 22.3 Å². The van der Waals surface area contributed by atoms with Crippen LogP contribution in [-0.4, -0.2) is 0 Å². The minimum Gasteiger partial charge on any atom is -0.398 e. The number of nitrogen functional groups attached to an aromatic ring is 1. The van der Waals surface area contributed by atoms with Crippen LogP contribution in [0.4, 0.5) is 5.69 Å². The van der Waals surface area contributed by atoms with Crippen LogP contribution in [0.2, 0.25) is 0 Å². The third-order valence-electron chi connectivity index (χ3n) is 10.3. The van der Waals surface area contributed by atoms with E-state index in [1.807, 2.05) is 11.8 Å². The first-order chi connectivity index (χ1) is 23.2. The van der Waals surface area contributed by atoms with Crippen LogP contribution in [0.5, 0.6) is 0 Å². The van der Waals surface area contributed by atoms with Gasteiger partial charge in [-0.15, -0.1) is 0 Å². The minimum atomic E-state index is -0.446. The Labute approximate surface area is 278 Å². The van der Waals surface area contributed by atoms with Gasteiger partial charge in [-0.3, -0.25) is 0 Å². The lowest BCUT2D eigenvalue weighted by Crippen LogP contribution is -2.31. The van der Waals surface area contributed by atoms with Gasteiger partial charge >= 0.3 is 0 Å². The molecule has 2 heteroatoms. The maximum absolute atomic E-state index is 6.97. The van der Waals surface area contributed by atoms with E-state index < -0.39 is 5.41 Å². The van der Waals surface area contributed by atoms with Crippen LogP contribution in [0.15, 0.2) is 174 Å². The van der Waals surface area contributed by atoms with E-state index in [2.05, 4.69) is 164 Å². The van der Waals surface area contributed by atoms with Gasteiger partial charge in [-0.05, 0) is 95.9 Å². The Morgan fingerprint density at radius 3 is 1.51 bits per heavy atom. The first kappa shape index (κ1) is 26.6. The van der Waals surface area contributed by atoms with Crippen LogP contribution in [0.3, 0.4) is 0 Å². The Hall–Kier alpha value is -5.57. The third kappa shape index (κ3) is 3.56. The second kappa shape index (κ2) is 9.96. The third-order valence-corrected chi connectivity index (χ3v) is 11.4. The van der Waals surface area contributed by atoms with E-state index in [-0.39, 0.29) is 0 Å². The minimum absolute atomic E-state index is 0.446. The number of rotatable bonds is 2. The smallest absolute Gasteiger partial charge is 0.0736 e. The molecule has 1 nitrogen and oxygen atoms in total. The van der Waals surface area contributed by atoms with Gasteiger partial charge in [0.2, 0.25) is 0 Å². The number of hydrogen-bond donors (Lipinski definition) is 1. The molecule has 0 saturated carbocycles. The van der Waals surface area contributed by atoms with Crippen LogP contribution in [0.25, 0.3) is 54.9 Å². The van der Waals surface area contributed by atoms with E-state index in [1.165, 1.54) is 81.4 Å². The molecule has 0 aromatic heterocycles. The maximum Gasteiger partial charge on any atom is 0.0736 e. The molecule has 220 valence electrons. The summed E-state index contributed by atoms with van der Waals surface area (Å²) in [4.78, 5) is 2.59. The highest BCUT2D eigenvalue weighted by Crippen LogP contribution is 2.63. The molecule has 2 N–H and O–H groups in total. The molecular weight excluding hydrogens is 587 g/mol. The summed E-state index contributed by atoms with van der Waals surface area (Å²) in [6, 6.07) is 60.0. The van der Waals surface area contributed by atoms with Crippen molar-refractivity contribution in [3.63, 3.8) is 0 Å². The van der Waals surface area contributed by atoms with Crippen LogP contribution in [0, 0.1) is 0 Å². The van der Waals surface area contributed by atoms with Crippen molar-refractivity contribution in [3.05, 3.63) is 186 Å². The molecule has 1 aliphatic carbocycles. The highest BCUT2D eigenvalue weighted by Gasteiger charge is 2.50. The summed E-state index contributed by atoms with van der Waals surface area (Å²) in [5.41, 5.74) is 19.9. The van der Waals surface area contributed by atoms with Crippen molar-refractivity contribution in [2.24, 2.45) is 0 Å². The molecular formula is C45H29NS.